The molecule has 1 aromatic heterocycles. The molecule has 0 radical (unpaired) electrons. The van der Waals surface area contributed by atoms with Gasteiger partial charge in [0.15, 0.2) is 0 Å². The minimum atomic E-state index is 0.0160. The third-order valence-electron chi connectivity index (χ3n) is 4.07. The molecule has 1 nitrogen and oxygen atoms in total. The van der Waals surface area contributed by atoms with Crippen LogP contribution in [0.15, 0.2) is 60.8 Å². The molecule has 2 aromatic carbocycles. The number of para-hydroxylation sites is 1. The van der Waals surface area contributed by atoms with Crippen molar-refractivity contribution in [3.8, 4) is 0 Å². The molecule has 1 heteroatoms. The Kier molecular flexibility index (Phi) is 2.70. The molecule has 0 saturated carbocycles. The summed E-state index contributed by atoms with van der Waals surface area (Å²) in [6, 6.07) is 19.3. The normalized spacial score (nSPS) is 11.9. The Morgan fingerprint density at radius 2 is 1.47 bits per heavy atom. The van der Waals surface area contributed by atoms with Crippen LogP contribution in [0.1, 0.15) is 25.0 Å². The highest BCUT2D eigenvalue weighted by molar-refractivity contribution is 5.85. The lowest BCUT2D eigenvalue weighted by Gasteiger charge is -2.25. The molecule has 0 aliphatic rings. The Hall–Kier alpha value is -2.02. The first-order valence-corrected chi connectivity index (χ1v) is 6.71. The fourth-order valence-electron chi connectivity index (χ4n) is 2.85. The summed E-state index contributed by atoms with van der Waals surface area (Å²) >= 11 is 0. The van der Waals surface area contributed by atoms with E-state index in [0.717, 1.165) is 0 Å². The van der Waals surface area contributed by atoms with Gasteiger partial charge in [0.2, 0.25) is 0 Å². The fraction of sp³-hybridized carbons (Fsp3) is 0.222. The summed E-state index contributed by atoms with van der Waals surface area (Å²) in [5, 5.41) is 1.35. The second kappa shape index (κ2) is 4.27. The fourth-order valence-corrected chi connectivity index (χ4v) is 2.85. The SMILES string of the molecule is Cn1cc(C(C)(C)c2ccccc2)c2ccccc21. The topological polar surface area (TPSA) is 4.93 Å². The van der Waals surface area contributed by atoms with E-state index in [1.165, 1.54) is 22.0 Å². The lowest BCUT2D eigenvalue weighted by atomic mass is 9.78. The highest BCUT2D eigenvalue weighted by Gasteiger charge is 2.26. The van der Waals surface area contributed by atoms with Gasteiger partial charge in [0.1, 0.15) is 0 Å². The van der Waals surface area contributed by atoms with Crippen LogP contribution in [0.25, 0.3) is 10.9 Å². The van der Waals surface area contributed by atoms with E-state index < -0.39 is 0 Å². The van der Waals surface area contributed by atoms with E-state index in [9.17, 15) is 0 Å². The van der Waals surface area contributed by atoms with Crippen LogP contribution < -0.4 is 0 Å². The number of hydrogen-bond acceptors (Lipinski definition) is 0. The molecule has 19 heavy (non-hydrogen) atoms. The number of nitrogens with zero attached hydrogens (tertiary/aromatic N) is 1. The quantitative estimate of drug-likeness (QED) is 0.630. The Morgan fingerprint density at radius 3 is 2.21 bits per heavy atom. The molecule has 0 saturated heterocycles. The van der Waals surface area contributed by atoms with Gasteiger partial charge in [-0.15, -0.1) is 0 Å². The maximum Gasteiger partial charge on any atom is 0.0480 e. The average Bonchev–Trinajstić information content (AvgIpc) is 2.79. The van der Waals surface area contributed by atoms with Crippen molar-refractivity contribution in [2.24, 2.45) is 7.05 Å². The second-order valence-electron chi connectivity index (χ2n) is 5.66. The molecule has 0 aliphatic heterocycles. The first-order chi connectivity index (χ1) is 9.10. The first-order valence-electron chi connectivity index (χ1n) is 6.71. The van der Waals surface area contributed by atoms with Crippen molar-refractivity contribution in [2.75, 3.05) is 0 Å². The zero-order valence-electron chi connectivity index (χ0n) is 11.7. The van der Waals surface area contributed by atoms with E-state index in [1.54, 1.807) is 0 Å². The predicted molar refractivity (Wildman–Crippen MR) is 81.5 cm³/mol. The van der Waals surface area contributed by atoms with Gasteiger partial charge in [-0.3, -0.25) is 0 Å². The number of aromatic nitrogens is 1. The van der Waals surface area contributed by atoms with E-state index in [0.29, 0.717) is 0 Å². The van der Waals surface area contributed by atoms with Crippen molar-refractivity contribution in [3.05, 3.63) is 71.9 Å². The van der Waals surface area contributed by atoms with Gasteiger partial charge in [-0.2, -0.15) is 0 Å². The summed E-state index contributed by atoms with van der Waals surface area (Å²) in [5.74, 6) is 0. The maximum atomic E-state index is 2.30. The zero-order chi connectivity index (χ0) is 13.5. The highest BCUT2D eigenvalue weighted by atomic mass is 14.9. The standard InChI is InChI=1S/C18H19N/c1-18(2,14-9-5-4-6-10-14)16-13-19(3)17-12-8-7-11-15(16)17/h4-13H,1-3H3. The van der Waals surface area contributed by atoms with E-state index in [4.69, 9.17) is 0 Å². The molecular weight excluding hydrogens is 230 g/mol. The number of aryl methyl sites for hydroxylation is 1. The molecule has 96 valence electrons. The molecule has 0 amide bonds. The summed E-state index contributed by atoms with van der Waals surface area (Å²) < 4.78 is 2.22. The largest absolute Gasteiger partial charge is 0.350 e. The summed E-state index contributed by atoms with van der Waals surface area (Å²) in [4.78, 5) is 0. The van der Waals surface area contributed by atoms with Crippen LogP contribution in [0.2, 0.25) is 0 Å². The smallest absolute Gasteiger partial charge is 0.0480 e. The van der Waals surface area contributed by atoms with Gasteiger partial charge in [0.25, 0.3) is 0 Å². The minimum absolute atomic E-state index is 0.0160. The molecule has 0 fully saturated rings. The third kappa shape index (κ3) is 1.86. The van der Waals surface area contributed by atoms with E-state index in [1.807, 2.05) is 0 Å². The number of benzene rings is 2. The van der Waals surface area contributed by atoms with Crippen LogP contribution in [0.4, 0.5) is 0 Å². The predicted octanol–water partition coefficient (Wildman–Crippen LogP) is 4.50. The highest BCUT2D eigenvalue weighted by Crippen LogP contribution is 2.36. The summed E-state index contributed by atoms with van der Waals surface area (Å²) in [6.45, 7) is 4.59. The van der Waals surface area contributed by atoms with Gasteiger partial charge in [-0.05, 0) is 17.2 Å². The van der Waals surface area contributed by atoms with Crippen molar-refractivity contribution in [2.45, 2.75) is 19.3 Å². The Balaban J connectivity index is 2.24. The molecule has 0 bridgehead atoms. The summed E-state index contributed by atoms with van der Waals surface area (Å²) in [6.07, 6.45) is 2.26. The Morgan fingerprint density at radius 1 is 0.842 bits per heavy atom. The van der Waals surface area contributed by atoms with Crippen LogP contribution in [0.5, 0.6) is 0 Å². The summed E-state index contributed by atoms with van der Waals surface area (Å²) in [7, 11) is 2.12. The lowest BCUT2D eigenvalue weighted by molar-refractivity contribution is 0.643. The molecule has 0 atom stereocenters. The minimum Gasteiger partial charge on any atom is -0.350 e. The summed E-state index contributed by atoms with van der Waals surface area (Å²) in [5.41, 5.74) is 4.05. The van der Waals surface area contributed by atoms with Crippen LogP contribution in [-0.4, -0.2) is 4.57 Å². The van der Waals surface area contributed by atoms with Crippen LogP contribution in [-0.2, 0) is 12.5 Å². The molecule has 0 aliphatic carbocycles. The van der Waals surface area contributed by atoms with Crippen LogP contribution in [0.3, 0.4) is 0 Å². The number of rotatable bonds is 2. The van der Waals surface area contributed by atoms with E-state index >= 15 is 0 Å². The molecule has 0 N–H and O–H groups in total. The third-order valence-corrected chi connectivity index (χ3v) is 4.07. The Bertz CT molecular complexity index is 705. The van der Waals surface area contributed by atoms with Gasteiger partial charge in [-0.1, -0.05) is 62.4 Å². The number of hydrogen-bond donors (Lipinski definition) is 0. The van der Waals surface area contributed by atoms with Gasteiger partial charge in [0, 0.05) is 29.6 Å². The van der Waals surface area contributed by atoms with Crippen LogP contribution in [0, 0.1) is 0 Å². The van der Waals surface area contributed by atoms with Crippen molar-refractivity contribution < 1.29 is 0 Å². The lowest BCUT2D eigenvalue weighted by Crippen LogP contribution is -2.18. The maximum absolute atomic E-state index is 2.30. The average molecular weight is 249 g/mol. The van der Waals surface area contributed by atoms with Crippen molar-refractivity contribution in [3.63, 3.8) is 0 Å². The molecule has 1 heterocycles. The monoisotopic (exact) mass is 249 g/mol. The molecule has 3 aromatic rings. The molecular formula is C18H19N. The molecule has 3 rings (SSSR count). The van der Waals surface area contributed by atoms with Crippen molar-refractivity contribution >= 4 is 10.9 Å². The first kappa shape index (κ1) is 12.0. The Labute approximate surface area is 114 Å². The molecule has 0 unspecified atom stereocenters. The van der Waals surface area contributed by atoms with E-state index in [-0.39, 0.29) is 5.41 Å². The van der Waals surface area contributed by atoms with Gasteiger partial charge < -0.3 is 4.57 Å². The zero-order valence-corrected chi connectivity index (χ0v) is 11.7. The van der Waals surface area contributed by atoms with Crippen molar-refractivity contribution in [1.29, 1.82) is 0 Å². The van der Waals surface area contributed by atoms with Gasteiger partial charge in [-0.25, -0.2) is 0 Å². The van der Waals surface area contributed by atoms with Crippen LogP contribution >= 0.6 is 0 Å². The van der Waals surface area contributed by atoms with E-state index in [2.05, 4.69) is 86.3 Å². The van der Waals surface area contributed by atoms with Crippen molar-refractivity contribution in [1.82, 2.24) is 4.57 Å². The molecule has 0 spiro atoms. The number of fused-ring (bicyclic) bond motifs is 1. The van der Waals surface area contributed by atoms with Gasteiger partial charge in [0.05, 0.1) is 0 Å². The van der Waals surface area contributed by atoms with Gasteiger partial charge >= 0.3 is 0 Å². The second-order valence-corrected chi connectivity index (χ2v) is 5.66.